The zero-order valence-corrected chi connectivity index (χ0v) is 15.6. The van der Waals surface area contributed by atoms with Crippen molar-refractivity contribution in [2.24, 2.45) is 4.99 Å². The van der Waals surface area contributed by atoms with E-state index in [2.05, 4.69) is 43.3 Å². The van der Waals surface area contributed by atoms with Crippen molar-refractivity contribution in [1.29, 1.82) is 0 Å². The molecule has 2 heterocycles. The number of nitrogens with one attached hydrogen (secondary N) is 1. The lowest BCUT2D eigenvalue weighted by molar-refractivity contribution is 0.339. The molecule has 0 bridgehead atoms. The Hall–Kier alpha value is -2.76. The number of ether oxygens (including phenoxy) is 1. The van der Waals surface area contributed by atoms with E-state index in [1.165, 1.54) is 5.56 Å². The highest BCUT2D eigenvalue weighted by atomic mass is 16.5. The van der Waals surface area contributed by atoms with Gasteiger partial charge in [-0.3, -0.25) is 4.99 Å². The summed E-state index contributed by atoms with van der Waals surface area (Å²) in [4.78, 5) is 13.5. The average molecular weight is 353 g/mol. The van der Waals surface area contributed by atoms with Crippen LogP contribution in [-0.2, 0) is 6.54 Å². The number of nitrogens with zero attached hydrogens (tertiary/aromatic N) is 4. The highest BCUT2D eigenvalue weighted by molar-refractivity contribution is 5.80. The first-order valence-corrected chi connectivity index (χ1v) is 9.13. The fraction of sp³-hybridized carbons (Fsp3) is 0.400. The first kappa shape index (κ1) is 18.0. The Morgan fingerprint density at radius 1 is 1.15 bits per heavy atom. The molecule has 0 amide bonds. The van der Waals surface area contributed by atoms with Crippen LogP contribution >= 0.6 is 0 Å². The van der Waals surface area contributed by atoms with E-state index >= 15 is 0 Å². The van der Waals surface area contributed by atoms with Gasteiger partial charge in [-0.05, 0) is 36.8 Å². The van der Waals surface area contributed by atoms with Crippen molar-refractivity contribution in [3.63, 3.8) is 0 Å². The van der Waals surface area contributed by atoms with Gasteiger partial charge in [0.25, 0.3) is 0 Å². The molecule has 0 spiro atoms. The quantitative estimate of drug-likeness (QED) is 0.661. The molecule has 2 aromatic rings. The molecule has 3 rings (SSSR count). The molecule has 0 unspecified atom stereocenters. The molecule has 1 aliphatic rings. The Balaban J connectivity index is 1.53. The van der Waals surface area contributed by atoms with E-state index in [1.807, 2.05) is 44.4 Å². The van der Waals surface area contributed by atoms with E-state index in [9.17, 15) is 0 Å². The van der Waals surface area contributed by atoms with Gasteiger partial charge in [-0.1, -0.05) is 18.2 Å². The molecule has 6 heteroatoms. The third-order valence-corrected chi connectivity index (χ3v) is 4.42. The second-order valence-corrected chi connectivity index (χ2v) is 6.14. The summed E-state index contributed by atoms with van der Waals surface area (Å²) in [5.41, 5.74) is 1.18. The second-order valence-electron chi connectivity index (χ2n) is 6.14. The van der Waals surface area contributed by atoms with Crippen LogP contribution in [0, 0.1) is 0 Å². The fourth-order valence-corrected chi connectivity index (χ4v) is 3.11. The van der Waals surface area contributed by atoms with Crippen LogP contribution in [0.3, 0.4) is 0 Å². The second kappa shape index (κ2) is 9.08. The van der Waals surface area contributed by atoms with Gasteiger partial charge in [0.1, 0.15) is 11.6 Å². The summed E-state index contributed by atoms with van der Waals surface area (Å²) in [6.45, 7) is 7.14. The van der Waals surface area contributed by atoms with E-state index in [0.717, 1.165) is 50.3 Å². The zero-order chi connectivity index (χ0) is 18.2. The third kappa shape index (κ3) is 4.65. The molecule has 1 N–H and O–H groups in total. The van der Waals surface area contributed by atoms with Crippen LogP contribution in [0.1, 0.15) is 12.5 Å². The minimum absolute atomic E-state index is 0.680. The number of hydrogen-bond acceptors (Lipinski definition) is 4. The molecular formula is C20H27N5O. The molecule has 0 aliphatic carbocycles. The van der Waals surface area contributed by atoms with Gasteiger partial charge in [-0.2, -0.15) is 0 Å². The molecule has 1 fully saturated rings. The minimum atomic E-state index is 0.680. The molecular weight excluding hydrogens is 326 g/mol. The number of pyridine rings is 1. The van der Waals surface area contributed by atoms with Crippen LogP contribution in [0.5, 0.6) is 5.75 Å². The third-order valence-electron chi connectivity index (χ3n) is 4.42. The standard InChI is InChI=1S/C20H27N5O/c1-3-26-18-8-6-7-17(15-18)16-23-20(21-2)25-13-11-24(12-14-25)19-9-4-5-10-22-19/h4-10,15H,3,11-14,16H2,1-2H3,(H,21,23). The van der Waals surface area contributed by atoms with Gasteiger partial charge in [-0.25, -0.2) is 4.98 Å². The molecule has 138 valence electrons. The van der Waals surface area contributed by atoms with Crippen LogP contribution < -0.4 is 15.0 Å². The van der Waals surface area contributed by atoms with Crippen LogP contribution in [0.15, 0.2) is 53.7 Å². The lowest BCUT2D eigenvalue weighted by atomic mass is 10.2. The number of guanidine groups is 1. The highest BCUT2D eigenvalue weighted by Gasteiger charge is 2.20. The van der Waals surface area contributed by atoms with Crippen LogP contribution in [0.4, 0.5) is 5.82 Å². The summed E-state index contributed by atoms with van der Waals surface area (Å²) in [5.74, 6) is 2.89. The lowest BCUT2D eigenvalue weighted by Gasteiger charge is -2.37. The van der Waals surface area contributed by atoms with E-state index < -0.39 is 0 Å². The molecule has 0 radical (unpaired) electrons. The molecule has 1 saturated heterocycles. The first-order valence-electron chi connectivity index (χ1n) is 9.13. The van der Waals surface area contributed by atoms with Gasteiger partial charge in [0.05, 0.1) is 6.61 Å². The maximum Gasteiger partial charge on any atom is 0.194 e. The maximum absolute atomic E-state index is 5.57. The number of anilines is 1. The number of aliphatic imine (C=N–C) groups is 1. The number of benzene rings is 1. The van der Waals surface area contributed by atoms with Crippen LogP contribution in [0.2, 0.25) is 0 Å². The number of piperazine rings is 1. The topological polar surface area (TPSA) is 53.0 Å². The summed E-state index contributed by atoms with van der Waals surface area (Å²) >= 11 is 0. The number of hydrogen-bond donors (Lipinski definition) is 1. The number of rotatable bonds is 5. The van der Waals surface area contributed by atoms with E-state index in [4.69, 9.17) is 4.74 Å². The Morgan fingerprint density at radius 3 is 2.69 bits per heavy atom. The van der Waals surface area contributed by atoms with Gasteiger partial charge in [0.2, 0.25) is 0 Å². The lowest BCUT2D eigenvalue weighted by Crippen LogP contribution is -2.52. The summed E-state index contributed by atoms with van der Waals surface area (Å²) in [6, 6.07) is 14.2. The Labute approximate surface area is 155 Å². The first-order chi connectivity index (χ1) is 12.8. The predicted octanol–water partition coefficient (Wildman–Crippen LogP) is 2.38. The van der Waals surface area contributed by atoms with Crippen molar-refractivity contribution in [2.75, 3.05) is 44.7 Å². The van der Waals surface area contributed by atoms with Crippen molar-refractivity contribution in [3.05, 3.63) is 54.2 Å². The largest absolute Gasteiger partial charge is 0.494 e. The normalized spacial score (nSPS) is 15.1. The maximum atomic E-state index is 5.57. The summed E-state index contributed by atoms with van der Waals surface area (Å²) in [6.07, 6.45) is 1.85. The van der Waals surface area contributed by atoms with Gasteiger partial charge in [0, 0.05) is 46.0 Å². The summed E-state index contributed by atoms with van der Waals surface area (Å²) in [5, 5.41) is 3.47. The molecule has 26 heavy (non-hydrogen) atoms. The minimum Gasteiger partial charge on any atom is -0.494 e. The van der Waals surface area contributed by atoms with Crippen molar-refractivity contribution in [1.82, 2.24) is 15.2 Å². The summed E-state index contributed by atoms with van der Waals surface area (Å²) < 4.78 is 5.57. The number of aromatic nitrogens is 1. The Morgan fingerprint density at radius 2 is 2.00 bits per heavy atom. The monoisotopic (exact) mass is 353 g/mol. The average Bonchev–Trinajstić information content (AvgIpc) is 2.70. The van der Waals surface area contributed by atoms with Crippen molar-refractivity contribution >= 4 is 11.8 Å². The van der Waals surface area contributed by atoms with Gasteiger partial charge < -0.3 is 19.9 Å². The van der Waals surface area contributed by atoms with Gasteiger partial charge in [-0.15, -0.1) is 0 Å². The predicted molar refractivity (Wildman–Crippen MR) is 106 cm³/mol. The molecule has 1 aromatic heterocycles. The van der Waals surface area contributed by atoms with Gasteiger partial charge in [0.15, 0.2) is 5.96 Å². The molecule has 0 atom stereocenters. The van der Waals surface area contributed by atoms with Crippen LogP contribution in [-0.4, -0.2) is 55.7 Å². The van der Waals surface area contributed by atoms with Crippen molar-refractivity contribution < 1.29 is 4.74 Å². The molecule has 6 nitrogen and oxygen atoms in total. The highest BCUT2D eigenvalue weighted by Crippen LogP contribution is 2.14. The molecule has 1 aliphatic heterocycles. The zero-order valence-electron chi connectivity index (χ0n) is 15.6. The Bertz CT molecular complexity index is 711. The Kier molecular flexibility index (Phi) is 6.30. The van der Waals surface area contributed by atoms with Crippen molar-refractivity contribution in [2.45, 2.75) is 13.5 Å². The SMILES string of the molecule is CCOc1cccc(CNC(=NC)N2CCN(c3ccccn3)CC2)c1. The van der Waals surface area contributed by atoms with Crippen LogP contribution in [0.25, 0.3) is 0 Å². The van der Waals surface area contributed by atoms with Gasteiger partial charge >= 0.3 is 0 Å². The fourth-order valence-electron chi connectivity index (χ4n) is 3.11. The van der Waals surface area contributed by atoms with Crippen molar-refractivity contribution in [3.8, 4) is 5.75 Å². The summed E-state index contributed by atoms with van der Waals surface area (Å²) in [7, 11) is 1.84. The molecule has 1 aromatic carbocycles. The smallest absolute Gasteiger partial charge is 0.194 e. The van der Waals surface area contributed by atoms with E-state index in [0.29, 0.717) is 6.61 Å². The van der Waals surface area contributed by atoms with E-state index in [-0.39, 0.29) is 0 Å². The van der Waals surface area contributed by atoms with E-state index in [1.54, 1.807) is 0 Å². The molecule has 0 saturated carbocycles.